The summed E-state index contributed by atoms with van der Waals surface area (Å²) in [5.41, 5.74) is 6.86. The van der Waals surface area contributed by atoms with Crippen molar-refractivity contribution in [3.05, 3.63) is 135 Å². The summed E-state index contributed by atoms with van der Waals surface area (Å²) in [6.07, 6.45) is 7.64. The Morgan fingerprint density at radius 1 is 0.973 bits per heavy atom. The summed E-state index contributed by atoms with van der Waals surface area (Å²) >= 11 is 9.93. The van der Waals surface area contributed by atoms with E-state index < -0.39 is 0 Å². The van der Waals surface area contributed by atoms with Crippen molar-refractivity contribution >= 4 is 45.1 Å². The van der Waals surface area contributed by atoms with Crippen LogP contribution in [0.3, 0.4) is 0 Å². The Morgan fingerprint density at radius 3 is 2.59 bits per heavy atom. The zero-order valence-electron chi connectivity index (χ0n) is 20.1. The molecular formula is C32H26BrClN2O. The third kappa shape index (κ3) is 5.22. The Bertz CT molecular complexity index is 1460. The van der Waals surface area contributed by atoms with Crippen LogP contribution in [-0.2, 0) is 6.61 Å². The summed E-state index contributed by atoms with van der Waals surface area (Å²) in [6, 6.07) is 31.3. The normalized spacial score (nSPS) is 19.9. The van der Waals surface area contributed by atoms with Gasteiger partial charge in [0.1, 0.15) is 12.4 Å². The molecule has 0 spiro atoms. The first kappa shape index (κ1) is 24.0. The lowest BCUT2D eigenvalue weighted by molar-refractivity contribution is 0.306. The smallest absolute Gasteiger partial charge is 0.138 e. The first-order valence-corrected chi connectivity index (χ1v) is 13.6. The molecule has 0 saturated heterocycles. The van der Waals surface area contributed by atoms with E-state index in [1.165, 1.54) is 16.8 Å². The molecule has 184 valence electrons. The Labute approximate surface area is 231 Å². The lowest BCUT2D eigenvalue weighted by Crippen LogP contribution is -2.28. The standard InChI is InChI=1S/C32H26BrClN2O/c33-24-13-8-21(9-14-24)20-37-31-17-10-22(18-29(31)34)19-35-25-15-11-23(12-16-25)32-28-6-3-5-26(28)27-4-1-2-7-30(27)36-32/h1-5,7-19,26,28,32,36H,6,20H2/t26-,28-,32-/m0/s1. The molecule has 0 fully saturated rings. The number of benzene rings is 4. The molecule has 1 aliphatic carbocycles. The van der Waals surface area contributed by atoms with Crippen molar-refractivity contribution in [3.8, 4) is 5.75 Å². The number of hydrogen-bond donors (Lipinski definition) is 1. The molecule has 3 atom stereocenters. The number of nitrogens with one attached hydrogen (secondary N) is 1. The van der Waals surface area contributed by atoms with Gasteiger partial charge in [0, 0.05) is 22.3 Å². The van der Waals surface area contributed by atoms with Gasteiger partial charge in [0.15, 0.2) is 0 Å². The van der Waals surface area contributed by atoms with Gasteiger partial charge in [0.2, 0.25) is 0 Å². The van der Waals surface area contributed by atoms with Gasteiger partial charge in [-0.05, 0) is 83.1 Å². The topological polar surface area (TPSA) is 33.6 Å². The number of nitrogens with zero attached hydrogens (tertiary/aromatic N) is 1. The Balaban J connectivity index is 1.12. The molecule has 2 aliphatic rings. The van der Waals surface area contributed by atoms with E-state index in [1.807, 2.05) is 48.7 Å². The molecule has 0 aromatic heterocycles. The minimum atomic E-state index is 0.289. The van der Waals surface area contributed by atoms with Crippen LogP contribution in [0.1, 0.15) is 40.6 Å². The van der Waals surface area contributed by atoms with E-state index in [0.717, 1.165) is 27.7 Å². The monoisotopic (exact) mass is 568 g/mol. The number of allylic oxidation sites excluding steroid dienone is 2. The second-order valence-corrected chi connectivity index (χ2v) is 10.8. The van der Waals surface area contributed by atoms with Crippen molar-refractivity contribution < 1.29 is 4.74 Å². The number of hydrogen-bond acceptors (Lipinski definition) is 3. The van der Waals surface area contributed by atoms with Crippen LogP contribution in [0.25, 0.3) is 0 Å². The molecule has 0 unspecified atom stereocenters. The van der Waals surface area contributed by atoms with Gasteiger partial charge in [-0.15, -0.1) is 0 Å². The highest BCUT2D eigenvalue weighted by molar-refractivity contribution is 9.10. The van der Waals surface area contributed by atoms with Gasteiger partial charge in [-0.25, -0.2) is 0 Å². The van der Waals surface area contributed by atoms with Crippen LogP contribution < -0.4 is 10.1 Å². The van der Waals surface area contributed by atoms with Gasteiger partial charge in [-0.2, -0.15) is 0 Å². The van der Waals surface area contributed by atoms with Gasteiger partial charge in [-0.3, -0.25) is 4.99 Å². The van der Waals surface area contributed by atoms with E-state index in [9.17, 15) is 0 Å². The predicted octanol–water partition coefficient (Wildman–Crippen LogP) is 9.26. The molecule has 37 heavy (non-hydrogen) atoms. The summed E-state index contributed by atoms with van der Waals surface area (Å²) in [5, 5.41) is 4.36. The highest BCUT2D eigenvalue weighted by Crippen LogP contribution is 2.49. The molecule has 6 rings (SSSR count). The van der Waals surface area contributed by atoms with Gasteiger partial charge in [-0.1, -0.05) is 82.1 Å². The van der Waals surface area contributed by atoms with Crippen molar-refractivity contribution in [2.24, 2.45) is 10.9 Å². The van der Waals surface area contributed by atoms with Crippen LogP contribution in [0.2, 0.25) is 5.02 Å². The van der Waals surface area contributed by atoms with Crippen molar-refractivity contribution in [1.82, 2.24) is 0 Å². The number of rotatable bonds is 6. The molecule has 4 aromatic rings. The highest BCUT2D eigenvalue weighted by atomic mass is 79.9. The van der Waals surface area contributed by atoms with Crippen LogP contribution in [-0.4, -0.2) is 6.21 Å². The van der Waals surface area contributed by atoms with Crippen LogP contribution in [0.4, 0.5) is 11.4 Å². The lowest BCUT2D eigenvalue weighted by Gasteiger charge is -2.37. The second-order valence-electron chi connectivity index (χ2n) is 9.52. The van der Waals surface area contributed by atoms with Crippen molar-refractivity contribution in [1.29, 1.82) is 0 Å². The first-order chi connectivity index (χ1) is 18.1. The summed E-state index contributed by atoms with van der Waals surface area (Å²) in [4.78, 5) is 4.68. The van der Waals surface area contributed by atoms with E-state index in [0.29, 0.717) is 29.2 Å². The summed E-state index contributed by atoms with van der Waals surface area (Å²) in [5.74, 6) is 1.68. The molecule has 0 bridgehead atoms. The average molecular weight is 570 g/mol. The summed E-state index contributed by atoms with van der Waals surface area (Å²) in [7, 11) is 0. The quantitative estimate of drug-likeness (QED) is 0.185. The molecule has 1 heterocycles. The number of aliphatic imine (C=N–C) groups is 1. The lowest BCUT2D eigenvalue weighted by atomic mass is 9.77. The molecule has 4 aromatic carbocycles. The Morgan fingerprint density at radius 2 is 1.78 bits per heavy atom. The fourth-order valence-electron chi connectivity index (χ4n) is 5.25. The van der Waals surface area contributed by atoms with E-state index in [2.05, 4.69) is 86.9 Å². The van der Waals surface area contributed by atoms with E-state index in [-0.39, 0.29) is 6.04 Å². The molecule has 3 nitrogen and oxygen atoms in total. The van der Waals surface area contributed by atoms with Gasteiger partial charge in [0.25, 0.3) is 0 Å². The maximum Gasteiger partial charge on any atom is 0.138 e. The molecule has 0 radical (unpaired) electrons. The second kappa shape index (κ2) is 10.6. The zero-order chi connectivity index (χ0) is 25.2. The molecule has 5 heteroatoms. The Kier molecular flexibility index (Phi) is 6.86. The largest absolute Gasteiger partial charge is 0.487 e. The predicted molar refractivity (Wildman–Crippen MR) is 156 cm³/mol. The van der Waals surface area contributed by atoms with Gasteiger partial charge in [0.05, 0.1) is 16.8 Å². The molecule has 1 aliphatic heterocycles. The first-order valence-electron chi connectivity index (χ1n) is 12.5. The molecule has 1 N–H and O–H groups in total. The van der Waals surface area contributed by atoms with E-state index >= 15 is 0 Å². The number of anilines is 1. The average Bonchev–Trinajstić information content (AvgIpc) is 3.43. The SMILES string of the molecule is Clc1cc(C=Nc2ccc([C@@H]3Nc4ccccc4[C@@H]4C=CC[C@@H]43)cc2)ccc1OCc1ccc(Br)cc1. The third-order valence-electron chi connectivity index (χ3n) is 7.15. The molecule has 0 amide bonds. The van der Waals surface area contributed by atoms with Crippen molar-refractivity contribution in [3.63, 3.8) is 0 Å². The van der Waals surface area contributed by atoms with Crippen molar-refractivity contribution in [2.45, 2.75) is 25.0 Å². The van der Waals surface area contributed by atoms with Crippen LogP contribution >= 0.6 is 27.5 Å². The Hall–Kier alpha value is -3.34. The maximum atomic E-state index is 6.48. The van der Waals surface area contributed by atoms with Gasteiger partial charge < -0.3 is 10.1 Å². The third-order valence-corrected chi connectivity index (χ3v) is 7.97. The maximum absolute atomic E-state index is 6.48. The minimum Gasteiger partial charge on any atom is -0.487 e. The summed E-state index contributed by atoms with van der Waals surface area (Å²) < 4.78 is 6.95. The van der Waals surface area contributed by atoms with E-state index in [1.54, 1.807) is 0 Å². The highest BCUT2D eigenvalue weighted by Gasteiger charge is 2.37. The summed E-state index contributed by atoms with van der Waals surface area (Å²) in [6.45, 7) is 0.464. The number of ether oxygens (including phenoxy) is 1. The minimum absolute atomic E-state index is 0.289. The number of para-hydroxylation sites is 1. The zero-order valence-corrected chi connectivity index (χ0v) is 22.5. The number of fused-ring (bicyclic) bond motifs is 3. The van der Waals surface area contributed by atoms with E-state index in [4.69, 9.17) is 16.3 Å². The number of halogens is 2. The van der Waals surface area contributed by atoms with Crippen LogP contribution in [0, 0.1) is 5.92 Å². The van der Waals surface area contributed by atoms with Crippen LogP contribution in [0.5, 0.6) is 5.75 Å². The molecule has 0 saturated carbocycles. The van der Waals surface area contributed by atoms with Gasteiger partial charge >= 0.3 is 0 Å². The fraction of sp³-hybridized carbons (Fsp3) is 0.156. The van der Waals surface area contributed by atoms with Crippen LogP contribution in [0.15, 0.2) is 113 Å². The molecular weight excluding hydrogens is 544 g/mol. The van der Waals surface area contributed by atoms with Crippen molar-refractivity contribution in [2.75, 3.05) is 5.32 Å². The fourth-order valence-corrected chi connectivity index (χ4v) is 5.75.